The van der Waals surface area contributed by atoms with E-state index in [9.17, 15) is 0 Å². The maximum atomic E-state index is 9.07. The van der Waals surface area contributed by atoms with Gasteiger partial charge >= 0.3 is 0 Å². The van der Waals surface area contributed by atoms with E-state index in [-0.39, 0.29) is 5.92 Å². The normalized spacial score (nSPS) is 10.8. The van der Waals surface area contributed by atoms with Crippen LogP contribution in [0.2, 0.25) is 0 Å². The fourth-order valence-corrected chi connectivity index (χ4v) is 2.36. The smallest absolute Gasteiger partial charge is 0.0991 e. The molecule has 3 rings (SSSR count). The highest BCUT2D eigenvalue weighted by Crippen LogP contribution is 2.28. The van der Waals surface area contributed by atoms with Crippen molar-refractivity contribution >= 4 is 11.0 Å². The van der Waals surface area contributed by atoms with E-state index in [2.05, 4.69) is 19.9 Å². The molecule has 3 nitrogen and oxygen atoms in total. The van der Waals surface area contributed by atoms with Crippen molar-refractivity contribution in [3.8, 4) is 17.3 Å². The Morgan fingerprint density at radius 2 is 1.67 bits per heavy atom. The first-order chi connectivity index (χ1) is 10.2. The van der Waals surface area contributed by atoms with Crippen molar-refractivity contribution in [3.63, 3.8) is 0 Å². The van der Waals surface area contributed by atoms with E-state index in [4.69, 9.17) is 15.2 Å². The van der Waals surface area contributed by atoms with Gasteiger partial charge in [-0.15, -0.1) is 0 Å². The number of rotatable bonds is 2. The van der Waals surface area contributed by atoms with Crippen molar-refractivity contribution in [2.24, 2.45) is 0 Å². The number of hydrogen-bond acceptors (Lipinski definition) is 3. The zero-order valence-electron chi connectivity index (χ0n) is 12.0. The van der Waals surface area contributed by atoms with E-state index < -0.39 is 0 Å². The molecule has 1 aromatic heterocycles. The van der Waals surface area contributed by atoms with Gasteiger partial charge in [-0.05, 0) is 30.2 Å². The zero-order chi connectivity index (χ0) is 14.8. The highest BCUT2D eigenvalue weighted by Gasteiger charge is 2.14. The summed E-state index contributed by atoms with van der Waals surface area (Å²) in [5, 5.41) is 9.07. The molecule has 21 heavy (non-hydrogen) atoms. The fourth-order valence-electron chi connectivity index (χ4n) is 2.36. The third-order valence-electron chi connectivity index (χ3n) is 3.41. The van der Waals surface area contributed by atoms with Crippen LogP contribution in [0.15, 0.2) is 48.5 Å². The van der Waals surface area contributed by atoms with Crippen LogP contribution < -0.4 is 0 Å². The number of hydrogen-bond donors (Lipinski definition) is 0. The molecule has 3 aromatic rings. The number of para-hydroxylation sites is 2. The van der Waals surface area contributed by atoms with Crippen LogP contribution in [0.3, 0.4) is 0 Å². The molecule has 0 N–H and O–H groups in total. The topological polar surface area (TPSA) is 49.6 Å². The van der Waals surface area contributed by atoms with Crippen molar-refractivity contribution in [2.75, 3.05) is 0 Å². The standard InChI is InChI=1S/C18H15N3/c1-12(2)17-18(14-7-5-6-13(10-14)11-19)21-16-9-4-3-8-15(16)20-17/h3-10,12H,1-2H3. The minimum Gasteiger partial charge on any atom is -0.249 e. The van der Waals surface area contributed by atoms with E-state index >= 15 is 0 Å². The summed E-state index contributed by atoms with van der Waals surface area (Å²) < 4.78 is 0. The monoisotopic (exact) mass is 273 g/mol. The number of nitrogens with zero attached hydrogens (tertiary/aromatic N) is 3. The molecule has 0 amide bonds. The Bertz CT molecular complexity index is 844. The van der Waals surface area contributed by atoms with Gasteiger partial charge in [-0.25, -0.2) is 9.97 Å². The van der Waals surface area contributed by atoms with E-state index in [0.29, 0.717) is 5.56 Å². The third kappa shape index (κ3) is 2.48. The molecule has 0 aliphatic heterocycles. The van der Waals surface area contributed by atoms with Gasteiger partial charge in [0.05, 0.1) is 34.1 Å². The SMILES string of the molecule is CC(C)c1nc2ccccc2nc1-c1cccc(C#N)c1. The second-order valence-electron chi connectivity index (χ2n) is 5.29. The van der Waals surface area contributed by atoms with Crippen molar-refractivity contribution in [1.82, 2.24) is 9.97 Å². The summed E-state index contributed by atoms with van der Waals surface area (Å²) in [5.74, 6) is 0.267. The summed E-state index contributed by atoms with van der Waals surface area (Å²) >= 11 is 0. The molecular formula is C18H15N3. The Morgan fingerprint density at radius 1 is 0.952 bits per heavy atom. The first kappa shape index (κ1) is 13.3. The second kappa shape index (κ2) is 5.34. The highest BCUT2D eigenvalue weighted by atomic mass is 14.8. The van der Waals surface area contributed by atoms with Gasteiger partial charge in [-0.2, -0.15) is 5.26 Å². The maximum absolute atomic E-state index is 9.07. The van der Waals surface area contributed by atoms with E-state index in [0.717, 1.165) is 28.0 Å². The molecule has 2 aromatic carbocycles. The molecule has 0 aliphatic carbocycles. The molecule has 0 spiro atoms. The van der Waals surface area contributed by atoms with E-state index in [1.54, 1.807) is 6.07 Å². The lowest BCUT2D eigenvalue weighted by Crippen LogP contribution is -2.01. The van der Waals surface area contributed by atoms with Crippen LogP contribution in [0.5, 0.6) is 0 Å². The van der Waals surface area contributed by atoms with Gasteiger partial charge in [-0.1, -0.05) is 38.1 Å². The Hall–Kier alpha value is -2.73. The van der Waals surface area contributed by atoms with Crippen molar-refractivity contribution in [3.05, 3.63) is 59.8 Å². The quantitative estimate of drug-likeness (QED) is 0.699. The molecule has 0 radical (unpaired) electrons. The van der Waals surface area contributed by atoms with Gasteiger partial charge < -0.3 is 0 Å². The van der Waals surface area contributed by atoms with E-state index in [1.807, 2.05) is 42.5 Å². The molecular weight excluding hydrogens is 258 g/mol. The minimum absolute atomic E-state index is 0.267. The second-order valence-corrected chi connectivity index (χ2v) is 5.29. The van der Waals surface area contributed by atoms with Crippen LogP contribution in [0.25, 0.3) is 22.3 Å². The number of nitriles is 1. The summed E-state index contributed by atoms with van der Waals surface area (Å²) in [7, 11) is 0. The summed E-state index contributed by atoms with van der Waals surface area (Å²) in [6.07, 6.45) is 0. The Morgan fingerprint density at radius 3 is 2.33 bits per heavy atom. The van der Waals surface area contributed by atoms with Gasteiger partial charge in [0.2, 0.25) is 0 Å². The predicted octanol–water partition coefficient (Wildman–Crippen LogP) is 4.29. The highest BCUT2D eigenvalue weighted by molar-refractivity contribution is 5.78. The number of aromatic nitrogens is 2. The molecule has 102 valence electrons. The molecule has 0 aliphatic rings. The van der Waals surface area contributed by atoms with Gasteiger partial charge in [0.1, 0.15) is 0 Å². The van der Waals surface area contributed by atoms with Gasteiger partial charge in [-0.3, -0.25) is 0 Å². The molecule has 0 unspecified atom stereocenters. The van der Waals surface area contributed by atoms with Gasteiger partial charge in [0, 0.05) is 5.56 Å². The average Bonchev–Trinajstić information content (AvgIpc) is 2.53. The van der Waals surface area contributed by atoms with E-state index in [1.165, 1.54) is 0 Å². The first-order valence-electron chi connectivity index (χ1n) is 6.96. The Kier molecular flexibility index (Phi) is 3.37. The molecule has 0 fully saturated rings. The van der Waals surface area contributed by atoms with Crippen LogP contribution in [0.1, 0.15) is 31.0 Å². The largest absolute Gasteiger partial charge is 0.249 e. The molecule has 0 atom stereocenters. The maximum Gasteiger partial charge on any atom is 0.0991 e. The van der Waals surface area contributed by atoms with Crippen LogP contribution in [-0.2, 0) is 0 Å². The van der Waals surface area contributed by atoms with Gasteiger partial charge in [0.15, 0.2) is 0 Å². The summed E-state index contributed by atoms with van der Waals surface area (Å²) in [4.78, 5) is 9.53. The first-order valence-corrected chi connectivity index (χ1v) is 6.96. The van der Waals surface area contributed by atoms with Crippen molar-refractivity contribution in [2.45, 2.75) is 19.8 Å². The van der Waals surface area contributed by atoms with Crippen LogP contribution in [-0.4, -0.2) is 9.97 Å². The summed E-state index contributed by atoms with van der Waals surface area (Å²) in [6, 6.07) is 17.6. The average molecular weight is 273 g/mol. The fraction of sp³-hybridized carbons (Fsp3) is 0.167. The van der Waals surface area contributed by atoms with Crippen LogP contribution in [0.4, 0.5) is 0 Å². The zero-order valence-corrected chi connectivity index (χ0v) is 12.0. The molecule has 0 saturated heterocycles. The lowest BCUT2D eigenvalue weighted by atomic mass is 10.0. The summed E-state index contributed by atoms with van der Waals surface area (Å²) in [5.41, 5.74) is 5.18. The Balaban J connectivity index is 2.29. The Labute approximate surface area is 123 Å². The lowest BCUT2D eigenvalue weighted by molar-refractivity contribution is 0.825. The lowest BCUT2D eigenvalue weighted by Gasteiger charge is -2.12. The van der Waals surface area contributed by atoms with Gasteiger partial charge in [0.25, 0.3) is 0 Å². The number of benzene rings is 2. The predicted molar refractivity (Wildman–Crippen MR) is 83.8 cm³/mol. The molecule has 0 saturated carbocycles. The molecule has 1 heterocycles. The summed E-state index contributed by atoms with van der Waals surface area (Å²) in [6.45, 7) is 4.22. The molecule has 0 bridgehead atoms. The van der Waals surface area contributed by atoms with Crippen LogP contribution in [0, 0.1) is 11.3 Å². The third-order valence-corrected chi connectivity index (χ3v) is 3.41. The van der Waals surface area contributed by atoms with Crippen molar-refractivity contribution in [1.29, 1.82) is 5.26 Å². The molecule has 3 heteroatoms. The van der Waals surface area contributed by atoms with Crippen molar-refractivity contribution < 1.29 is 0 Å². The van der Waals surface area contributed by atoms with Crippen LogP contribution >= 0.6 is 0 Å². The number of fused-ring (bicyclic) bond motifs is 1. The minimum atomic E-state index is 0.267.